The Bertz CT molecular complexity index is 361. The summed E-state index contributed by atoms with van der Waals surface area (Å²) in [5, 5.41) is 0. The average molecular weight is 216 g/mol. The van der Waals surface area contributed by atoms with Crippen LogP contribution in [0.4, 0.5) is 0 Å². The van der Waals surface area contributed by atoms with Crippen molar-refractivity contribution in [3.05, 3.63) is 36.4 Å². The number of ether oxygens (including phenoxy) is 1. The van der Waals surface area contributed by atoms with Crippen LogP contribution in [0.25, 0.3) is 6.08 Å². The lowest BCUT2D eigenvalue weighted by molar-refractivity contribution is 0.0718. The van der Waals surface area contributed by atoms with Gasteiger partial charge in [-0.15, -0.1) is 0 Å². The van der Waals surface area contributed by atoms with Crippen molar-refractivity contribution in [3.8, 4) is 5.75 Å². The smallest absolute Gasteiger partial charge is 0.127 e. The Labute approximate surface area is 98.1 Å². The lowest BCUT2D eigenvalue weighted by Gasteiger charge is -2.29. The summed E-state index contributed by atoms with van der Waals surface area (Å²) in [6.07, 6.45) is 7.93. The van der Waals surface area contributed by atoms with Gasteiger partial charge in [0.15, 0.2) is 0 Å². The van der Waals surface area contributed by atoms with E-state index in [4.69, 9.17) is 4.74 Å². The third-order valence-electron chi connectivity index (χ3n) is 3.62. The summed E-state index contributed by atoms with van der Waals surface area (Å²) in [5.74, 6) is 0.987. The fourth-order valence-electron chi connectivity index (χ4n) is 2.52. The van der Waals surface area contributed by atoms with Crippen LogP contribution in [0, 0.1) is 0 Å². The van der Waals surface area contributed by atoms with Gasteiger partial charge in [-0.3, -0.25) is 0 Å². The van der Waals surface area contributed by atoms with E-state index in [1.165, 1.54) is 25.7 Å². The van der Waals surface area contributed by atoms with Crippen LogP contribution < -0.4 is 4.74 Å². The molecule has 0 N–H and O–H groups in total. The Morgan fingerprint density at radius 2 is 2.00 bits per heavy atom. The molecule has 0 radical (unpaired) electrons. The number of rotatable bonds is 4. The van der Waals surface area contributed by atoms with E-state index in [-0.39, 0.29) is 5.60 Å². The summed E-state index contributed by atoms with van der Waals surface area (Å²) in [7, 11) is 0. The molecular weight excluding hydrogens is 196 g/mol. The molecule has 0 spiro atoms. The predicted molar refractivity (Wildman–Crippen MR) is 68.7 cm³/mol. The largest absolute Gasteiger partial charge is 0.487 e. The van der Waals surface area contributed by atoms with Crippen LogP contribution in [0.3, 0.4) is 0 Å². The molecule has 86 valence electrons. The highest BCUT2D eigenvalue weighted by atomic mass is 16.5. The predicted octanol–water partition coefficient (Wildman–Crippen LogP) is 4.43. The van der Waals surface area contributed by atoms with Gasteiger partial charge in [-0.05, 0) is 38.2 Å². The van der Waals surface area contributed by atoms with Crippen molar-refractivity contribution in [2.24, 2.45) is 0 Å². The summed E-state index contributed by atoms with van der Waals surface area (Å²) >= 11 is 0. The molecule has 1 saturated carbocycles. The van der Waals surface area contributed by atoms with Crippen LogP contribution in [-0.2, 0) is 0 Å². The molecule has 0 amide bonds. The maximum Gasteiger partial charge on any atom is 0.127 e. The van der Waals surface area contributed by atoms with Gasteiger partial charge in [-0.2, -0.15) is 0 Å². The van der Waals surface area contributed by atoms with Gasteiger partial charge < -0.3 is 4.74 Å². The monoisotopic (exact) mass is 216 g/mol. The number of hydrogen-bond acceptors (Lipinski definition) is 1. The van der Waals surface area contributed by atoms with Crippen LogP contribution in [0.2, 0.25) is 0 Å². The van der Waals surface area contributed by atoms with Gasteiger partial charge in [0.1, 0.15) is 11.4 Å². The first-order chi connectivity index (χ1) is 7.79. The van der Waals surface area contributed by atoms with Gasteiger partial charge in [0.05, 0.1) is 0 Å². The second-order valence-corrected chi connectivity index (χ2v) is 4.59. The lowest BCUT2D eigenvalue weighted by atomic mass is 9.98. The van der Waals surface area contributed by atoms with Gasteiger partial charge in [0.2, 0.25) is 0 Å². The quantitative estimate of drug-likeness (QED) is 0.723. The van der Waals surface area contributed by atoms with Crippen molar-refractivity contribution in [2.45, 2.75) is 44.6 Å². The van der Waals surface area contributed by atoms with Gasteiger partial charge in [0.25, 0.3) is 0 Å². The lowest BCUT2D eigenvalue weighted by Crippen LogP contribution is -2.31. The average Bonchev–Trinajstić information content (AvgIpc) is 2.79. The molecule has 1 aromatic carbocycles. The van der Waals surface area contributed by atoms with Crippen LogP contribution in [0.5, 0.6) is 5.75 Å². The Balaban J connectivity index is 2.21. The molecule has 1 heteroatoms. The Kier molecular flexibility index (Phi) is 3.33. The van der Waals surface area contributed by atoms with E-state index in [2.05, 4.69) is 19.6 Å². The van der Waals surface area contributed by atoms with Gasteiger partial charge >= 0.3 is 0 Å². The van der Waals surface area contributed by atoms with Crippen LogP contribution >= 0.6 is 0 Å². The van der Waals surface area contributed by atoms with Gasteiger partial charge in [-0.1, -0.05) is 37.8 Å². The molecule has 1 aliphatic rings. The minimum Gasteiger partial charge on any atom is -0.487 e. The summed E-state index contributed by atoms with van der Waals surface area (Å²) in [6, 6.07) is 8.16. The minimum atomic E-state index is 0.0825. The van der Waals surface area contributed by atoms with Crippen molar-refractivity contribution in [1.29, 1.82) is 0 Å². The highest BCUT2D eigenvalue weighted by Crippen LogP contribution is 2.38. The molecule has 0 atom stereocenters. The van der Waals surface area contributed by atoms with Crippen molar-refractivity contribution >= 4 is 6.08 Å². The van der Waals surface area contributed by atoms with Gasteiger partial charge in [0, 0.05) is 5.56 Å². The second-order valence-electron chi connectivity index (χ2n) is 4.59. The van der Waals surface area contributed by atoms with Crippen molar-refractivity contribution in [2.75, 3.05) is 0 Å². The molecule has 0 unspecified atom stereocenters. The first-order valence-electron chi connectivity index (χ1n) is 6.20. The Morgan fingerprint density at radius 1 is 1.31 bits per heavy atom. The molecule has 1 fully saturated rings. The number of para-hydroxylation sites is 1. The normalized spacial score (nSPS) is 18.3. The molecule has 1 nitrogen and oxygen atoms in total. The topological polar surface area (TPSA) is 9.23 Å². The van der Waals surface area contributed by atoms with Crippen molar-refractivity contribution in [1.82, 2.24) is 0 Å². The minimum absolute atomic E-state index is 0.0825. The molecule has 1 aliphatic carbocycles. The molecule has 0 aliphatic heterocycles. The first-order valence-corrected chi connectivity index (χ1v) is 6.20. The zero-order chi connectivity index (χ0) is 11.4. The number of hydrogen-bond donors (Lipinski definition) is 0. The summed E-state index contributed by atoms with van der Waals surface area (Å²) in [5.41, 5.74) is 1.18. The van der Waals surface area contributed by atoms with E-state index in [0.717, 1.165) is 17.7 Å². The maximum absolute atomic E-state index is 6.26. The molecule has 1 aromatic rings. The van der Waals surface area contributed by atoms with E-state index in [1.54, 1.807) is 0 Å². The van der Waals surface area contributed by atoms with E-state index in [0.29, 0.717) is 0 Å². The summed E-state index contributed by atoms with van der Waals surface area (Å²) < 4.78 is 6.26. The van der Waals surface area contributed by atoms with Crippen LogP contribution in [0.1, 0.15) is 44.6 Å². The van der Waals surface area contributed by atoms with Crippen LogP contribution in [-0.4, -0.2) is 5.60 Å². The van der Waals surface area contributed by atoms with Gasteiger partial charge in [-0.25, -0.2) is 0 Å². The summed E-state index contributed by atoms with van der Waals surface area (Å²) in [4.78, 5) is 0. The Hall–Kier alpha value is -1.24. The first kappa shape index (κ1) is 11.3. The summed E-state index contributed by atoms with van der Waals surface area (Å²) in [6.45, 7) is 6.06. The highest BCUT2D eigenvalue weighted by Gasteiger charge is 2.34. The second kappa shape index (κ2) is 4.73. The fraction of sp³-hybridized carbons (Fsp3) is 0.467. The molecule has 0 aromatic heterocycles. The van der Waals surface area contributed by atoms with Crippen LogP contribution in [0.15, 0.2) is 30.8 Å². The zero-order valence-electron chi connectivity index (χ0n) is 10.0. The van der Waals surface area contributed by atoms with E-state index < -0.39 is 0 Å². The molecular formula is C15H20O. The third kappa shape index (κ3) is 2.13. The molecule has 2 rings (SSSR count). The van der Waals surface area contributed by atoms with Crippen molar-refractivity contribution < 1.29 is 4.74 Å². The van der Waals surface area contributed by atoms with E-state index >= 15 is 0 Å². The maximum atomic E-state index is 6.26. The molecule has 0 heterocycles. The SMILES string of the molecule is C=Cc1ccccc1OC1(CC)CCCC1. The third-order valence-corrected chi connectivity index (χ3v) is 3.62. The standard InChI is InChI=1S/C15H20O/c1-3-13-9-5-6-10-14(13)16-15(4-2)11-7-8-12-15/h3,5-6,9-10H,1,4,7-8,11-12H2,2H3. The molecule has 0 bridgehead atoms. The highest BCUT2D eigenvalue weighted by molar-refractivity contribution is 5.55. The van der Waals surface area contributed by atoms with Crippen molar-refractivity contribution in [3.63, 3.8) is 0 Å². The van der Waals surface area contributed by atoms with E-state index in [1.807, 2.05) is 24.3 Å². The van der Waals surface area contributed by atoms with E-state index in [9.17, 15) is 0 Å². The molecule has 16 heavy (non-hydrogen) atoms. The number of benzene rings is 1. The Morgan fingerprint density at radius 3 is 2.62 bits per heavy atom. The zero-order valence-corrected chi connectivity index (χ0v) is 10.0. The molecule has 0 saturated heterocycles. The fourth-order valence-corrected chi connectivity index (χ4v) is 2.52.